The molecule has 1 aromatic carbocycles. The lowest BCUT2D eigenvalue weighted by Gasteiger charge is -2.09. The molecule has 19 heavy (non-hydrogen) atoms. The minimum Gasteiger partial charge on any atom is -0.478 e. The highest BCUT2D eigenvalue weighted by Gasteiger charge is 2.14. The number of anilines is 2. The quantitative estimate of drug-likeness (QED) is 0.847. The second-order valence-electron chi connectivity index (χ2n) is 3.58. The summed E-state index contributed by atoms with van der Waals surface area (Å²) in [4.78, 5) is 14.7. The van der Waals surface area contributed by atoms with Gasteiger partial charge in [0.25, 0.3) is 0 Å². The van der Waals surface area contributed by atoms with Gasteiger partial charge in [0.05, 0.1) is 5.69 Å². The number of halogens is 3. The lowest BCUT2D eigenvalue weighted by atomic mass is 10.2. The Bertz CT molecular complexity index is 650. The molecule has 98 valence electrons. The Labute approximate surface area is 111 Å². The van der Waals surface area contributed by atoms with Gasteiger partial charge in [-0.25, -0.2) is 18.6 Å². The van der Waals surface area contributed by atoms with Gasteiger partial charge in [0, 0.05) is 6.07 Å². The zero-order valence-electron chi connectivity index (χ0n) is 9.32. The topological polar surface area (TPSA) is 62.2 Å². The SMILES string of the molecule is O=C(O)c1ccc(Cl)nc1Nc1cc(F)ccc1F. The van der Waals surface area contributed by atoms with E-state index in [1.54, 1.807) is 0 Å². The number of aromatic nitrogens is 1. The normalized spacial score (nSPS) is 10.3. The van der Waals surface area contributed by atoms with Crippen LogP contribution >= 0.6 is 11.6 Å². The van der Waals surface area contributed by atoms with E-state index in [-0.39, 0.29) is 22.2 Å². The van der Waals surface area contributed by atoms with Gasteiger partial charge in [-0.15, -0.1) is 0 Å². The lowest BCUT2D eigenvalue weighted by molar-refractivity contribution is 0.0697. The molecule has 0 amide bonds. The lowest BCUT2D eigenvalue weighted by Crippen LogP contribution is -2.06. The van der Waals surface area contributed by atoms with E-state index in [9.17, 15) is 13.6 Å². The Balaban J connectivity index is 2.45. The summed E-state index contributed by atoms with van der Waals surface area (Å²) in [7, 11) is 0. The first kappa shape index (κ1) is 13.2. The summed E-state index contributed by atoms with van der Waals surface area (Å²) in [5, 5.41) is 11.4. The van der Waals surface area contributed by atoms with Crippen LogP contribution in [0.3, 0.4) is 0 Å². The van der Waals surface area contributed by atoms with Crippen molar-refractivity contribution in [3.8, 4) is 0 Å². The first-order valence-corrected chi connectivity index (χ1v) is 5.47. The van der Waals surface area contributed by atoms with E-state index in [1.807, 2.05) is 0 Å². The fourth-order valence-corrected chi connectivity index (χ4v) is 1.57. The molecule has 0 spiro atoms. The number of carboxylic acids is 1. The standard InChI is InChI=1S/C12H7ClF2N2O2/c13-10-4-2-7(12(18)19)11(17-10)16-9-5-6(14)1-3-8(9)15/h1-5H,(H,16,17)(H,18,19). The molecule has 0 atom stereocenters. The van der Waals surface area contributed by atoms with Gasteiger partial charge in [0.1, 0.15) is 28.2 Å². The summed E-state index contributed by atoms with van der Waals surface area (Å²) >= 11 is 5.65. The third kappa shape index (κ3) is 2.97. The number of carbonyl (C=O) groups is 1. The molecular weight excluding hydrogens is 278 g/mol. The number of benzene rings is 1. The van der Waals surface area contributed by atoms with E-state index in [4.69, 9.17) is 16.7 Å². The largest absolute Gasteiger partial charge is 0.478 e. The van der Waals surface area contributed by atoms with Crippen LogP contribution in [0, 0.1) is 11.6 Å². The van der Waals surface area contributed by atoms with E-state index in [0.29, 0.717) is 0 Å². The molecule has 1 aromatic heterocycles. The minimum absolute atomic E-state index is 0.0318. The molecule has 0 radical (unpaired) electrons. The van der Waals surface area contributed by atoms with Crippen molar-refractivity contribution in [1.29, 1.82) is 0 Å². The number of aromatic carboxylic acids is 1. The molecule has 0 unspecified atom stereocenters. The van der Waals surface area contributed by atoms with Gasteiger partial charge in [-0.1, -0.05) is 11.6 Å². The molecule has 0 saturated heterocycles. The molecular formula is C12H7ClF2N2O2. The smallest absolute Gasteiger partial charge is 0.339 e. The number of pyridine rings is 1. The molecule has 2 aromatic rings. The van der Waals surface area contributed by atoms with E-state index in [2.05, 4.69) is 10.3 Å². The maximum atomic E-state index is 13.5. The van der Waals surface area contributed by atoms with Crippen LogP contribution in [-0.4, -0.2) is 16.1 Å². The number of carboxylic acid groups (broad SMARTS) is 1. The number of nitrogens with one attached hydrogen (secondary N) is 1. The first-order valence-electron chi connectivity index (χ1n) is 5.09. The van der Waals surface area contributed by atoms with Crippen molar-refractivity contribution in [3.05, 3.63) is 52.7 Å². The van der Waals surface area contributed by atoms with Crippen LogP contribution in [-0.2, 0) is 0 Å². The van der Waals surface area contributed by atoms with Crippen LogP contribution in [0.25, 0.3) is 0 Å². The summed E-state index contributed by atoms with van der Waals surface area (Å²) in [5.74, 6) is -2.82. The van der Waals surface area contributed by atoms with Crippen LogP contribution in [0.1, 0.15) is 10.4 Å². The van der Waals surface area contributed by atoms with Crippen molar-refractivity contribution in [2.45, 2.75) is 0 Å². The average molecular weight is 285 g/mol. The summed E-state index contributed by atoms with van der Waals surface area (Å²) in [6.07, 6.45) is 0. The molecule has 2 rings (SSSR count). The molecule has 2 N–H and O–H groups in total. The predicted octanol–water partition coefficient (Wildman–Crippen LogP) is 3.46. The van der Waals surface area contributed by atoms with Crippen LogP contribution in [0.2, 0.25) is 5.15 Å². The van der Waals surface area contributed by atoms with Gasteiger partial charge in [-0.3, -0.25) is 0 Å². The van der Waals surface area contributed by atoms with Crippen molar-refractivity contribution in [1.82, 2.24) is 4.98 Å². The van der Waals surface area contributed by atoms with Gasteiger partial charge in [0.2, 0.25) is 0 Å². The van der Waals surface area contributed by atoms with Gasteiger partial charge in [-0.2, -0.15) is 0 Å². The average Bonchev–Trinajstić information content (AvgIpc) is 2.33. The number of hydrogen-bond donors (Lipinski definition) is 2. The van der Waals surface area contributed by atoms with Crippen molar-refractivity contribution < 1.29 is 18.7 Å². The Hall–Kier alpha value is -2.21. The third-order valence-corrected chi connectivity index (χ3v) is 2.48. The predicted molar refractivity (Wildman–Crippen MR) is 65.8 cm³/mol. The van der Waals surface area contributed by atoms with E-state index in [1.165, 1.54) is 12.1 Å². The van der Waals surface area contributed by atoms with Gasteiger partial charge in [-0.05, 0) is 24.3 Å². The second kappa shape index (κ2) is 5.19. The van der Waals surface area contributed by atoms with Crippen molar-refractivity contribution in [2.24, 2.45) is 0 Å². The Morgan fingerprint density at radius 3 is 2.68 bits per heavy atom. The van der Waals surface area contributed by atoms with Crippen LogP contribution in [0.15, 0.2) is 30.3 Å². The summed E-state index contributed by atoms with van der Waals surface area (Å²) in [6.45, 7) is 0. The summed E-state index contributed by atoms with van der Waals surface area (Å²) < 4.78 is 26.5. The highest BCUT2D eigenvalue weighted by atomic mass is 35.5. The zero-order chi connectivity index (χ0) is 14.0. The number of rotatable bonds is 3. The molecule has 7 heteroatoms. The monoisotopic (exact) mass is 284 g/mol. The molecule has 0 saturated carbocycles. The van der Waals surface area contributed by atoms with Gasteiger partial charge in [0.15, 0.2) is 0 Å². The van der Waals surface area contributed by atoms with Crippen LogP contribution in [0.5, 0.6) is 0 Å². The molecule has 0 fully saturated rings. The second-order valence-corrected chi connectivity index (χ2v) is 3.97. The van der Waals surface area contributed by atoms with E-state index in [0.717, 1.165) is 18.2 Å². The minimum atomic E-state index is -1.26. The van der Waals surface area contributed by atoms with Crippen molar-refractivity contribution in [2.75, 3.05) is 5.32 Å². The molecule has 4 nitrogen and oxygen atoms in total. The fourth-order valence-electron chi connectivity index (χ4n) is 1.42. The number of hydrogen-bond acceptors (Lipinski definition) is 3. The maximum Gasteiger partial charge on any atom is 0.339 e. The highest BCUT2D eigenvalue weighted by molar-refractivity contribution is 6.29. The van der Waals surface area contributed by atoms with Gasteiger partial charge >= 0.3 is 5.97 Å². The third-order valence-electron chi connectivity index (χ3n) is 2.27. The van der Waals surface area contributed by atoms with Crippen molar-refractivity contribution >= 4 is 29.1 Å². The van der Waals surface area contributed by atoms with E-state index >= 15 is 0 Å². The van der Waals surface area contributed by atoms with Gasteiger partial charge < -0.3 is 10.4 Å². The molecule has 0 aliphatic carbocycles. The molecule has 1 heterocycles. The van der Waals surface area contributed by atoms with Crippen molar-refractivity contribution in [3.63, 3.8) is 0 Å². The zero-order valence-corrected chi connectivity index (χ0v) is 10.1. The van der Waals surface area contributed by atoms with Crippen LogP contribution in [0.4, 0.5) is 20.3 Å². The van der Waals surface area contributed by atoms with Crippen LogP contribution < -0.4 is 5.32 Å². The number of nitrogens with zero attached hydrogens (tertiary/aromatic N) is 1. The highest BCUT2D eigenvalue weighted by Crippen LogP contribution is 2.24. The molecule has 0 bridgehead atoms. The Kier molecular flexibility index (Phi) is 3.62. The molecule has 0 aliphatic rings. The Morgan fingerprint density at radius 2 is 2.00 bits per heavy atom. The fraction of sp³-hybridized carbons (Fsp3) is 0. The maximum absolute atomic E-state index is 13.5. The van der Waals surface area contributed by atoms with E-state index < -0.39 is 17.6 Å². The summed E-state index contributed by atoms with van der Waals surface area (Å²) in [5.41, 5.74) is -0.426. The molecule has 0 aliphatic heterocycles. The summed E-state index contributed by atoms with van der Waals surface area (Å²) in [6, 6.07) is 5.27. The Morgan fingerprint density at radius 1 is 1.26 bits per heavy atom. The first-order chi connectivity index (χ1) is 8.97.